The summed E-state index contributed by atoms with van der Waals surface area (Å²) in [6, 6.07) is 10.7. The van der Waals surface area contributed by atoms with Crippen molar-refractivity contribution in [2.24, 2.45) is 4.99 Å². The largest absolute Gasteiger partial charge is 0.508 e. The number of halogens is 1. The van der Waals surface area contributed by atoms with Crippen molar-refractivity contribution in [3.63, 3.8) is 0 Å². The van der Waals surface area contributed by atoms with Crippen LogP contribution in [0.2, 0.25) is 0 Å². The Balaban J connectivity index is 1.79. The second-order valence-corrected chi connectivity index (χ2v) is 7.10. The molecule has 1 amide bonds. The van der Waals surface area contributed by atoms with Crippen molar-refractivity contribution in [1.29, 1.82) is 0 Å². The molecular weight excluding hydrogens is 375 g/mol. The van der Waals surface area contributed by atoms with Gasteiger partial charge in [0.2, 0.25) is 5.55 Å². The molecule has 0 unspecified atom stereocenters. The molecule has 2 heterocycles. The predicted molar refractivity (Wildman–Crippen MR) is 106 cm³/mol. The van der Waals surface area contributed by atoms with Crippen LogP contribution in [0, 0.1) is 12.7 Å². The van der Waals surface area contributed by atoms with E-state index in [0.717, 1.165) is 18.4 Å². The molecule has 0 spiro atoms. The van der Waals surface area contributed by atoms with Crippen LogP contribution in [-0.2, 0) is 4.74 Å². The second-order valence-electron chi connectivity index (χ2n) is 7.10. The minimum Gasteiger partial charge on any atom is -0.508 e. The summed E-state index contributed by atoms with van der Waals surface area (Å²) in [5, 5.41) is 13.2. The van der Waals surface area contributed by atoms with E-state index in [2.05, 4.69) is 10.3 Å². The smallest absolute Gasteiger partial charge is 0.256 e. The lowest BCUT2D eigenvalue weighted by atomic mass is 10.1. The van der Waals surface area contributed by atoms with Crippen LogP contribution >= 0.6 is 0 Å². The fraction of sp³-hybridized carbons (Fsp3) is 0.273. The van der Waals surface area contributed by atoms with Gasteiger partial charge in [-0.3, -0.25) is 4.79 Å². The molecule has 150 valence electrons. The highest BCUT2D eigenvalue weighted by Gasteiger charge is 2.19. The monoisotopic (exact) mass is 396 g/mol. The van der Waals surface area contributed by atoms with Crippen molar-refractivity contribution in [2.45, 2.75) is 25.9 Å². The third kappa shape index (κ3) is 4.30. The minimum absolute atomic E-state index is 0.0112. The molecule has 1 saturated heterocycles. The van der Waals surface area contributed by atoms with E-state index in [1.165, 1.54) is 18.2 Å². The van der Waals surface area contributed by atoms with Crippen LogP contribution in [0.5, 0.6) is 5.75 Å². The van der Waals surface area contributed by atoms with Crippen molar-refractivity contribution in [3.05, 3.63) is 65.0 Å². The van der Waals surface area contributed by atoms with Gasteiger partial charge in [-0.2, -0.15) is 0 Å². The highest BCUT2D eigenvalue weighted by Crippen LogP contribution is 2.22. The van der Waals surface area contributed by atoms with Crippen molar-refractivity contribution in [3.8, 4) is 5.75 Å². The Morgan fingerprint density at radius 2 is 2.14 bits per heavy atom. The maximum absolute atomic E-state index is 14.2. The summed E-state index contributed by atoms with van der Waals surface area (Å²) >= 11 is 0. The third-order valence-corrected chi connectivity index (χ3v) is 4.82. The molecule has 0 aliphatic carbocycles. The van der Waals surface area contributed by atoms with E-state index in [9.17, 15) is 14.3 Å². The van der Waals surface area contributed by atoms with Crippen molar-refractivity contribution in [2.75, 3.05) is 13.2 Å². The molecule has 4 rings (SSSR count). The second kappa shape index (κ2) is 8.05. The van der Waals surface area contributed by atoms with Gasteiger partial charge < -0.3 is 19.6 Å². The molecule has 0 bridgehead atoms. The molecular formula is C22H21FN2O4. The molecule has 1 atom stereocenters. The van der Waals surface area contributed by atoms with E-state index in [1.807, 2.05) is 6.92 Å². The molecule has 3 aromatic rings. The van der Waals surface area contributed by atoms with Gasteiger partial charge in [0, 0.05) is 24.6 Å². The number of aromatic hydroxyl groups is 1. The van der Waals surface area contributed by atoms with Gasteiger partial charge in [-0.25, -0.2) is 9.38 Å². The average molecular weight is 396 g/mol. The van der Waals surface area contributed by atoms with Gasteiger partial charge in [-0.15, -0.1) is 0 Å². The molecule has 1 aromatic heterocycles. The van der Waals surface area contributed by atoms with E-state index in [1.54, 1.807) is 24.3 Å². The molecule has 2 aromatic carbocycles. The highest BCUT2D eigenvalue weighted by molar-refractivity contribution is 5.96. The van der Waals surface area contributed by atoms with E-state index < -0.39 is 5.82 Å². The minimum atomic E-state index is -0.521. The van der Waals surface area contributed by atoms with E-state index in [4.69, 9.17) is 9.15 Å². The predicted octanol–water partition coefficient (Wildman–Crippen LogP) is 3.73. The van der Waals surface area contributed by atoms with Gasteiger partial charge in [0.25, 0.3) is 5.91 Å². The molecule has 29 heavy (non-hydrogen) atoms. The Kier molecular flexibility index (Phi) is 5.31. The Labute approximate surface area is 166 Å². The number of aryl methyl sites for hydroxylation is 1. The Morgan fingerprint density at radius 1 is 1.28 bits per heavy atom. The van der Waals surface area contributed by atoms with E-state index >= 15 is 0 Å². The first kappa shape index (κ1) is 19.1. The van der Waals surface area contributed by atoms with Crippen LogP contribution < -0.4 is 10.9 Å². The lowest BCUT2D eigenvalue weighted by Crippen LogP contribution is -2.34. The van der Waals surface area contributed by atoms with Gasteiger partial charge in [0.15, 0.2) is 0 Å². The Morgan fingerprint density at radius 3 is 2.93 bits per heavy atom. The fourth-order valence-corrected chi connectivity index (χ4v) is 3.28. The summed E-state index contributed by atoms with van der Waals surface area (Å²) < 4.78 is 25.5. The molecule has 1 aliphatic rings. The molecule has 0 saturated carbocycles. The normalized spacial score (nSPS) is 17.0. The molecule has 6 nitrogen and oxygen atoms in total. The Bertz CT molecular complexity index is 1130. The molecule has 2 N–H and O–H groups in total. The summed E-state index contributed by atoms with van der Waals surface area (Å²) in [4.78, 5) is 17.1. The van der Waals surface area contributed by atoms with Crippen LogP contribution in [0.3, 0.4) is 0 Å². The SMILES string of the molecule is Cc1ccc(F)c(N=c2oc3cc(O)ccc3cc2C(=O)NC[C@H]2CCCO2)c1. The highest BCUT2D eigenvalue weighted by atomic mass is 19.1. The average Bonchev–Trinajstić information content (AvgIpc) is 3.22. The molecule has 1 fully saturated rings. The first-order valence-corrected chi connectivity index (χ1v) is 9.47. The van der Waals surface area contributed by atoms with E-state index in [-0.39, 0.29) is 34.6 Å². The van der Waals surface area contributed by atoms with Gasteiger partial charge in [-0.1, -0.05) is 6.07 Å². The number of hydrogen-bond acceptors (Lipinski definition) is 5. The van der Waals surface area contributed by atoms with Crippen LogP contribution in [0.25, 0.3) is 11.0 Å². The van der Waals surface area contributed by atoms with E-state index in [0.29, 0.717) is 24.1 Å². The van der Waals surface area contributed by atoms with Crippen LogP contribution in [0.15, 0.2) is 51.9 Å². The summed E-state index contributed by atoms with van der Waals surface area (Å²) in [5.41, 5.74) is 1.39. The lowest BCUT2D eigenvalue weighted by Gasteiger charge is -2.11. The molecule has 0 radical (unpaired) electrons. The standard InChI is InChI=1S/C22H21FN2O4/c1-13-4-7-18(23)19(9-13)25-22-17(21(27)24-12-16-3-2-8-28-16)10-14-5-6-15(26)11-20(14)29-22/h4-7,9-11,16,26H,2-3,8,12H2,1H3,(H,24,27)/t16-/m1/s1. The number of rotatable bonds is 4. The summed E-state index contributed by atoms with van der Waals surface area (Å²) in [5.74, 6) is -0.886. The molecule has 7 heteroatoms. The van der Waals surface area contributed by atoms with Crippen LogP contribution in [0.4, 0.5) is 10.1 Å². The van der Waals surface area contributed by atoms with Crippen LogP contribution in [-0.4, -0.2) is 30.3 Å². The number of nitrogens with one attached hydrogen (secondary N) is 1. The van der Waals surface area contributed by atoms with Crippen molar-refractivity contribution in [1.82, 2.24) is 5.32 Å². The number of fused-ring (bicyclic) bond motifs is 1. The zero-order chi connectivity index (χ0) is 20.4. The topological polar surface area (TPSA) is 84.1 Å². The van der Waals surface area contributed by atoms with Gasteiger partial charge in [-0.05, 0) is 55.7 Å². The van der Waals surface area contributed by atoms with Gasteiger partial charge in [0.1, 0.15) is 28.4 Å². The first-order valence-electron chi connectivity index (χ1n) is 9.47. The molecule has 1 aliphatic heterocycles. The number of carbonyl (C=O) groups is 1. The van der Waals surface area contributed by atoms with Crippen molar-refractivity contribution >= 4 is 22.6 Å². The number of hydrogen-bond donors (Lipinski definition) is 2. The van der Waals surface area contributed by atoms with Gasteiger partial charge in [0.05, 0.1) is 6.10 Å². The zero-order valence-corrected chi connectivity index (χ0v) is 15.9. The lowest BCUT2D eigenvalue weighted by molar-refractivity contribution is 0.0854. The summed E-state index contributed by atoms with van der Waals surface area (Å²) in [7, 11) is 0. The summed E-state index contributed by atoms with van der Waals surface area (Å²) in [6.45, 7) is 2.90. The number of nitrogens with zero attached hydrogens (tertiary/aromatic N) is 1. The quantitative estimate of drug-likeness (QED) is 0.704. The van der Waals surface area contributed by atoms with Gasteiger partial charge >= 0.3 is 0 Å². The fourth-order valence-electron chi connectivity index (χ4n) is 3.28. The number of ether oxygens (including phenoxy) is 1. The maximum Gasteiger partial charge on any atom is 0.256 e. The first-order chi connectivity index (χ1) is 14.0. The number of amides is 1. The van der Waals surface area contributed by atoms with Crippen molar-refractivity contribution < 1.29 is 23.4 Å². The maximum atomic E-state index is 14.2. The summed E-state index contributed by atoms with van der Waals surface area (Å²) in [6.07, 6.45) is 1.86. The van der Waals surface area contributed by atoms with Crippen LogP contribution in [0.1, 0.15) is 28.8 Å². The number of phenolic OH excluding ortho intramolecular Hbond substituents is 1. The third-order valence-electron chi connectivity index (χ3n) is 4.82. The number of phenols is 1. The Hall–Kier alpha value is -3.19. The number of benzene rings is 2. The zero-order valence-electron chi connectivity index (χ0n) is 15.9. The number of carbonyl (C=O) groups excluding carboxylic acids is 1.